The van der Waals surface area contributed by atoms with Crippen molar-refractivity contribution in [3.8, 4) is 5.69 Å². The van der Waals surface area contributed by atoms with E-state index in [9.17, 15) is 8.42 Å². The van der Waals surface area contributed by atoms with Gasteiger partial charge in [-0.05, 0) is 30.7 Å². The first kappa shape index (κ1) is 17.3. The van der Waals surface area contributed by atoms with Crippen LogP contribution in [0.4, 0.5) is 5.82 Å². The van der Waals surface area contributed by atoms with E-state index in [1.54, 1.807) is 23.9 Å². The number of halogens is 1. The second-order valence-electron chi connectivity index (χ2n) is 5.42. The predicted octanol–water partition coefficient (Wildman–Crippen LogP) is 4.25. The van der Waals surface area contributed by atoms with Gasteiger partial charge < -0.3 is 0 Å². The molecule has 0 spiro atoms. The Hall–Kier alpha value is -2.57. The van der Waals surface area contributed by atoms with Crippen molar-refractivity contribution >= 4 is 33.5 Å². The molecule has 1 aromatic heterocycles. The Labute approximate surface area is 151 Å². The summed E-state index contributed by atoms with van der Waals surface area (Å²) < 4.78 is 28.6. The van der Waals surface area contributed by atoms with Crippen molar-refractivity contribution in [3.05, 3.63) is 82.4 Å². The van der Waals surface area contributed by atoms with E-state index in [0.717, 1.165) is 11.0 Å². The number of nitrogens with zero attached hydrogens (tertiary/aromatic N) is 2. The Morgan fingerprint density at radius 3 is 2.48 bits per heavy atom. The van der Waals surface area contributed by atoms with Crippen molar-refractivity contribution in [3.63, 3.8) is 0 Å². The molecule has 0 saturated heterocycles. The van der Waals surface area contributed by atoms with Gasteiger partial charge in [0.05, 0.1) is 16.1 Å². The van der Waals surface area contributed by atoms with Gasteiger partial charge in [0, 0.05) is 11.8 Å². The number of hydrogen-bond acceptors (Lipinski definition) is 3. The highest BCUT2D eigenvalue weighted by Crippen LogP contribution is 2.22. The van der Waals surface area contributed by atoms with Gasteiger partial charge in [-0.15, -0.1) is 5.10 Å². The standard InChI is InChI=1S/C18H16ClN3O2S/c1-14-13-22(17-10-6-5-9-16(17)19)20-18(14)21-25(23,24)12-11-15-7-3-2-4-8-15/h2-13H,1H3,(H,20,21)/b12-11+. The number of anilines is 1. The monoisotopic (exact) mass is 373 g/mol. The molecule has 1 heterocycles. The maximum Gasteiger partial charge on any atom is 0.256 e. The molecule has 0 fully saturated rings. The molecular weight excluding hydrogens is 358 g/mol. The normalized spacial score (nSPS) is 11.8. The molecule has 25 heavy (non-hydrogen) atoms. The number of rotatable bonds is 5. The molecule has 0 aliphatic carbocycles. The molecule has 7 heteroatoms. The van der Waals surface area contributed by atoms with Crippen LogP contribution in [0.3, 0.4) is 0 Å². The van der Waals surface area contributed by atoms with Gasteiger partial charge in [0.2, 0.25) is 0 Å². The second kappa shape index (κ2) is 7.13. The Bertz CT molecular complexity index is 1010. The highest BCUT2D eigenvalue weighted by Gasteiger charge is 2.13. The van der Waals surface area contributed by atoms with Crippen LogP contribution >= 0.6 is 11.6 Å². The SMILES string of the molecule is Cc1cn(-c2ccccc2Cl)nc1NS(=O)(=O)/C=C/c1ccccc1. The molecule has 3 rings (SSSR count). The van der Waals surface area contributed by atoms with Gasteiger partial charge in [0.25, 0.3) is 10.0 Å². The molecule has 0 amide bonds. The molecule has 0 unspecified atom stereocenters. The zero-order valence-corrected chi connectivity index (χ0v) is 15.0. The molecule has 5 nitrogen and oxygen atoms in total. The van der Waals surface area contributed by atoms with Crippen LogP contribution in [0.25, 0.3) is 11.8 Å². The topological polar surface area (TPSA) is 64.0 Å². The summed E-state index contributed by atoms with van der Waals surface area (Å²) >= 11 is 6.16. The number of hydrogen-bond donors (Lipinski definition) is 1. The molecule has 0 radical (unpaired) electrons. The number of para-hydroxylation sites is 1. The summed E-state index contributed by atoms with van der Waals surface area (Å²) in [5.74, 6) is 0.262. The molecule has 2 aromatic carbocycles. The Balaban J connectivity index is 1.83. The van der Waals surface area contributed by atoms with Gasteiger partial charge in [-0.2, -0.15) is 0 Å². The molecule has 0 aliphatic heterocycles. The number of nitrogens with one attached hydrogen (secondary N) is 1. The molecule has 3 aromatic rings. The van der Waals surface area contributed by atoms with E-state index in [-0.39, 0.29) is 5.82 Å². The maximum absolute atomic E-state index is 12.3. The van der Waals surface area contributed by atoms with Crippen LogP contribution in [-0.4, -0.2) is 18.2 Å². The van der Waals surface area contributed by atoms with Crippen molar-refractivity contribution in [2.45, 2.75) is 6.92 Å². The van der Waals surface area contributed by atoms with Gasteiger partial charge >= 0.3 is 0 Å². The lowest BCUT2D eigenvalue weighted by atomic mass is 10.2. The van der Waals surface area contributed by atoms with E-state index in [2.05, 4.69) is 9.82 Å². The smallest absolute Gasteiger partial charge is 0.256 e. The molecule has 0 bridgehead atoms. The number of aromatic nitrogens is 2. The van der Waals surface area contributed by atoms with E-state index >= 15 is 0 Å². The van der Waals surface area contributed by atoms with Gasteiger partial charge in [-0.25, -0.2) is 13.1 Å². The van der Waals surface area contributed by atoms with Gasteiger partial charge in [0.1, 0.15) is 0 Å². The maximum atomic E-state index is 12.3. The quantitative estimate of drug-likeness (QED) is 0.727. The van der Waals surface area contributed by atoms with Crippen LogP contribution < -0.4 is 4.72 Å². The zero-order valence-electron chi connectivity index (χ0n) is 13.4. The second-order valence-corrected chi connectivity index (χ2v) is 7.39. The minimum Gasteiger partial charge on any atom is -0.262 e. The first-order valence-corrected chi connectivity index (χ1v) is 9.44. The lowest BCUT2D eigenvalue weighted by Gasteiger charge is -2.04. The average molecular weight is 374 g/mol. The minimum absolute atomic E-state index is 0.262. The van der Waals surface area contributed by atoms with Crippen LogP contribution in [0, 0.1) is 6.92 Å². The lowest BCUT2D eigenvalue weighted by Crippen LogP contribution is -2.10. The molecule has 0 aliphatic rings. The number of sulfonamides is 1. The molecule has 128 valence electrons. The van der Waals surface area contributed by atoms with Gasteiger partial charge in [-0.3, -0.25) is 4.72 Å². The molecular formula is C18H16ClN3O2S. The van der Waals surface area contributed by atoms with Crippen LogP contribution in [0.5, 0.6) is 0 Å². The third-order valence-corrected chi connectivity index (χ3v) is 4.77. The summed E-state index contributed by atoms with van der Waals surface area (Å²) in [5, 5.41) is 5.94. The summed E-state index contributed by atoms with van der Waals surface area (Å²) in [6, 6.07) is 16.4. The van der Waals surface area contributed by atoms with Crippen molar-refractivity contribution in [1.29, 1.82) is 0 Å². The number of benzene rings is 2. The van der Waals surface area contributed by atoms with E-state index in [4.69, 9.17) is 11.6 Å². The molecule has 1 N–H and O–H groups in total. The van der Waals surface area contributed by atoms with E-state index in [1.807, 2.05) is 48.5 Å². The van der Waals surface area contributed by atoms with Crippen molar-refractivity contribution < 1.29 is 8.42 Å². The Kier molecular flexibility index (Phi) is 4.92. The van der Waals surface area contributed by atoms with Gasteiger partial charge in [-0.1, -0.05) is 54.1 Å². The zero-order chi connectivity index (χ0) is 17.9. The summed E-state index contributed by atoms with van der Waals surface area (Å²) in [6.07, 6.45) is 3.25. The van der Waals surface area contributed by atoms with Crippen LogP contribution in [0.2, 0.25) is 5.02 Å². The molecule has 0 atom stereocenters. The Morgan fingerprint density at radius 2 is 1.76 bits per heavy atom. The fraction of sp³-hybridized carbons (Fsp3) is 0.0556. The highest BCUT2D eigenvalue weighted by atomic mass is 35.5. The van der Waals surface area contributed by atoms with Crippen LogP contribution in [0.1, 0.15) is 11.1 Å². The summed E-state index contributed by atoms with van der Waals surface area (Å²) in [4.78, 5) is 0. The fourth-order valence-electron chi connectivity index (χ4n) is 2.22. The first-order valence-electron chi connectivity index (χ1n) is 7.52. The summed E-state index contributed by atoms with van der Waals surface area (Å²) in [6.45, 7) is 1.78. The van der Waals surface area contributed by atoms with Crippen LogP contribution in [0.15, 0.2) is 66.2 Å². The molecule has 0 saturated carbocycles. The first-order chi connectivity index (χ1) is 11.9. The number of aryl methyl sites for hydroxylation is 1. The Morgan fingerprint density at radius 1 is 1.08 bits per heavy atom. The van der Waals surface area contributed by atoms with Crippen molar-refractivity contribution in [1.82, 2.24) is 9.78 Å². The van der Waals surface area contributed by atoms with Crippen molar-refractivity contribution in [2.75, 3.05) is 4.72 Å². The third-order valence-electron chi connectivity index (χ3n) is 3.47. The highest BCUT2D eigenvalue weighted by molar-refractivity contribution is 7.95. The average Bonchev–Trinajstić information content (AvgIpc) is 2.94. The summed E-state index contributed by atoms with van der Waals surface area (Å²) in [5.41, 5.74) is 2.17. The van der Waals surface area contributed by atoms with Crippen molar-refractivity contribution in [2.24, 2.45) is 0 Å². The fourth-order valence-corrected chi connectivity index (χ4v) is 3.32. The van der Waals surface area contributed by atoms with E-state index < -0.39 is 10.0 Å². The summed E-state index contributed by atoms with van der Waals surface area (Å²) in [7, 11) is -3.67. The minimum atomic E-state index is -3.67. The van der Waals surface area contributed by atoms with E-state index in [0.29, 0.717) is 16.3 Å². The van der Waals surface area contributed by atoms with E-state index in [1.165, 1.54) is 6.08 Å². The largest absolute Gasteiger partial charge is 0.262 e. The lowest BCUT2D eigenvalue weighted by molar-refractivity contribution is 0.609. The predicted molar refractivity (Wildman–Crippen MR) is 101 cm³/mol. The van der Waals surface area contributed by atoms with Crippen LogP contribution in [-0.2, 0) is 10.0 Å². The van der Waals surface area contributed by atoms with Gasteiger partial charge in [0.15, 0.2) is 5.82 Å². The third kappa shape index (κ3) is 4.29.